The van der Waals surface area contributed by atoms with Gasteiger partial charge < -0.3 is 14.2 Å². The summed E-state index contributed by atoms with van der Waals surface area (Å²) in [6.07, 6.45) is 3.76. The van der Waals surface area contributed by atoms with Gasteiger partial charge in [0.1, 0.15) is 13.2 Å². The molecule has 0 radical (unpaired) electrons. The molecule has 0 N–H and O–H groups in total. The fourth-order valence-corrected chi connectivity index (χ4v) is 3.16. The van der Waals surface area contributed by atoms with Crippen LogP contribution >= 0.6 is 0 Å². The molecule has 1 aliphatic carbocycles. The van der Waals surface area contributed by atoms with Crippen LogP contribution in [0.2, 0.25) is 0 Å². The zero-order valence-corrected chi connectivity index (χ0v) is 15.9. The molecule has 6 nitrogen and oxygen atoms in total. The maximum absolute atomic E-state index is 12.5. The number of benzene rings is 1. The number of ether oxygens (including phenoxy) is 3. The van der Waals surface area contributed by atoms with Crippen LogP contribution < -0.4 is 0 Å². The highest BCUT2D eigenvalue weighted by molar-refractivity contribution is 5.82. The maximum Gasteiger partial charge on any atom is 0.310 e. The van der Waals surface area contributed by atoms with Crippen LogP contribution in [0, 0.1) is 11.8 Å². The summed E-state index contributed by atoms with van der Waals surface area (Å²) in [7, 11) is 0. The summed E-state index contributed by atoms with van der Waals surface area (Å²) < 4.78 is 15.6. The Morgan fingerprint density at radius 1 is 0.889 bits per heavy atom. The second-order valence-electron chi connectivity index (χ2n) is 6.73. The number of carbonyl (C=O) groups excluding carboxylic acids is 3. The Morgan fingerprint density at radius 3 is 2.15 bits per heavy atom. The van der Waals surface area contributed by atoms with E-state index >= 15 is 0 Å². The lowest BCUT2D eigenvalue weighted by molar-refractivity contribution is -0.164. The average molecular weight is 376 g/mol. The molecule has 1 aromatic rings. The van der Waals surface area contributed by atoms with Crippen LogP contribution in [-0.4, -0.2) is 31.1 Å². The van der Waals surface area contributed by atoms with Gasteiger partial charge >= 0.3 is 17.9 Å². The van der Waals surface area contributed by atoms with Crippen LogP contribution in [0.3, 0.4) is 0 Å². The van der Waals surface area contributed by atoms with Gasteiger partial charge in [-0.2, -0.15) is 0 Å². The second-order valence-corrected chi connectivity index (χ2v) is 6.73. The van der Waals surface area contributed by atoms with Gasteiger partial charge in [0.2, 0.25) is 0 Å². The molecule has 2 rings (SSSR count). The predicted molar refractivity (Wildman–Crippen MR) is 98.5 cm³/mol. The molecule has 0 amide bonds. The molecule has 0 saturated heterocycles. The standard InChI is InChI=1S/C21H28O6/c1-2-13-25-19(22)12-14-26-20(23)17-10-6-7-11-18(17)21(24)27-15-16-8-4-3-5-9-16/h3-5,8-9,17-18H,2,6-7,10-15H2,1H3/t17-,18+/m1/s1. The third-order valence-electron chi connectivity index (χ3n) is 4.61. The lowest BCUT2D eigenvalue weighted by Crippen LogP contribution is -2.35. The van der Waals surface area contributed by atoms with Gasteiger partial charge in [-0.1, -0.05) is 50.1 Å². The largest absolute Gasteiger partial charge is 0.466 e. The van der Waals surface area contributed by atoms with Gasteiger partial charge in [-0.15, -0.1) is 0 Å². The molecule has 1 fully saturated rings. The van der Waals surface area contributed by atoms with E-state index in [2.05, 4.69) is 0 Å². The highest BCUT2D eigenvalue weighted by atomic mass is 16.6. The minimum Gasteiger partial charge on any atom is -0.466 e. The van der Waals surface area contributed by atoms with Gasteiger partial charge in [-0.3, -0.25) is 14.4 Å². The summed E-state index contributed by atoms with van der Waals surface area (Å²) in [6, 6.07) is 9.44. The fourth-order valence-electron chi connectivity index (χ4n) is 3.16. The normalized spacial score (nSPS) is 19.1. The van der Waals surface area contributed by atoms with E-state index in [9.17, 15) is 14.4 Å². The lowest BCUT2D eigenvalue weighted by Gasteiger charge is -2.28. The van der Waals surface area contributed by atoms with Gasteiger partial charge in [-0.05, 0) is 24.8 Å². The van der Waals surface area contributed by atoms with Gasteiger partial charge in [0.25, 0.3) is 0 Å². The Labute approximate surface area is 160 Å². The van der Waals surface area contributed by atoms with Crippen molar-refractivity contribution in [3.05, 3.63) is 35.9 Å². The van der Waals surface area contributed by atoms with Crippen molar-refractivity contribution in [2.75, 3.05) is 13.2 Å². The topological polar surface area (TPSA) is 78.9 Å². The summed E-state index contributed by atoms with van der Waals surface area (Å²) in [5, 5.41) is 0. The van der Waals surface area contributed by atoms with Gasteiger partial charge in [0, 0.05) is 0 Å². The molecule has 6 heteroatoms. The molecular weight excluding hydrogens is 348 g/mol. The minimum absolute atomic E-state index is 0.0241. The van der Waals surface area contributed by atoms with Crippen LogP contribution in [-0.2, 0) is 35.2 Å². The molecular formula is C21H28O6. The van der Waals surface area contributed by atoms with Crippen molar-refractivity contribution in [3.63, 3.8) is 0 Å². The van der Waals surface area contributed by atoms with Crippen molar-refractivity contribution < 1.29 is 28.6 Å². The van der Waals surface area contributed by atoms with Crippen LogP contribution in [0.25, 0.3) is 0 Å². The molecule has 0 bridgehead atoms. The Bertz CT molecular complexity index is 612. The monoisotopic (exact) mass is 376 g/mol. The molecule has 0 aromatic heterocycles. The van der Waals surface area contributed by atoms with E-state index in [1.165, 1.54) is 0 Å². The van der Waals surface area contributed by atoms with E-state index in [1.807, 2.05) is 37.3 Å². The van der Waals surface area contributed by atoms with Crippen molar-refractivity contribution in [1.82, 2.24) is 0 Å². The van der Waals surface area contributed by atoms with Crippen molar-refractivity contribution in [1.29, 1.82) is 0 Å². The van der Waals surface area contributed by atoms with Gasteiger partial charge in [0.05, 0.1) is 24.9 Å². The molecule has 0 spiro atoms. The number of esters is 3. The number of hydrogen-bond acceptors (Lipinski definition) is 6. The molecule has 1 aromatic carbocycles. The smallest absolute Gasteiger partial charge is 0.310 e. The maximum atomic E-state index is 12.5. The van der Waals surface area contributed by atoms with Crippen molar-refractivity contribution in [3.8, 4) is 0 Å². The molecule has 148 valence electrons. The third-order valence-corrected chi connectivity index (χ3v) is 4.61. The van der Waals surface area contributed by atoms with E-state index in [1.54, 1.807) is 0 Å². The molecule has 1 aliphatic rings. The number of carbonyl (C=O) groups is 3. The minimum atomic E-state index is -0.506. The lowest BCUT2D eigenvalue weighted by atomic mass is 9.79. The van der Waals surface area contributed by atoms with Crippen molar-refractivity contribution in [2.45, 2.75) is 52.1 Å². The molecule has 0 unspecified atom stereocenters. The average Bonchev–Trinajstić information content (AvgIpc) is 2.71. The van der Waals surface area contributed by atoms with Crippen LogP contribution in [0.15, 0.2) is 30.3 Å². The summed E-state index contributed by atoms with van der Waals surface area (Å²) in [4.78, 5) is 36.3. The Hall–Kier alpha value is -2.37. The Balaban J connectivity index is 1.81. The first-order chi connectivity index (χ1) is 13.1. The van der Waals surface area contributed by atoms with Crippen LogP contribution in [0.5, 0.6) is 0 Å². The zero-order chi connectivity index (χ0) is 19.5. The first kappa shape index (κ1) is 20.9. The molecule has 27 heavy (non-hydrogen) atoms. The van der Waals surface area contributed by atoms with Crippen LogP contribution in [0.1, 0.15) is 51.0 Å². The zero-order valence-electron chi connectivity index (χ0n) is 15.9. The van der Waals surface area contributed by atoms with Gasteiger partial charge in [-0.25, -0.2) is 0 Å². The fraction of sp³-hybridized carbons (Fsp3) is 0.571. The van der Waals surface area contributed by atoms with Gasteiger partial charge in [0.15, 0.2) is 0 Å². The summed E-state index contributed by atoms with van der Waals surface area (Å²) in [6.45, 7) is 2.45. The molecule has 2 atom stereocenters. The first-order valence-corrected chi connectivity index (χ1v) is 9.64. The van der Waals surface area contributed by atoms with E-state index in [0.717, 1.165) is 24.8 Å². The highest BCUT2D eigenvalue weighted by Crippen LogP contribution is 2.32. The predicted octanol–water partition coefficient (Wildman–Crippen LogP) is 3.42. The Kier molecular flexibility index (Phi) is 8.81. The van der Waals surface area contributed by atoms with Crippen molar-refractivity contribution in [2.24, 2.45) is 11.8 Å². The van der Waals surface area contributed by atoms with E-state index in [4.69, 9.17) is 14.2 Å². The molecule has 1 saturated carbocycles. The van der Waals surface area contributed by atoms with Crippen molar-refractivity contribution >= 4 is 17.9 Å². The summed E-state index contributed by atoms with van der Waals surface area (Å²) in [5.74, 6) is -2.16. The molecule has 0 heterocycles. The number of hydrogen-bond donors (Lipinski definition) is 0. The quantitative estimate of drug-likeness (QED) is 0.485. The third kappa shape index (κ3) is 7.04. The van der Waals surface area contributed by atoms with E-state index in [0.29, 0.717) is 19.4 Å². The van der Waals surface area contributed by atoms with E-state index in [-0.39, 0.29) is 31.6 Å². The number of rotatable bonds is 9. The van der Waals surface area contributed by atoms with E-state index < -0.39 is 17.8 Å². The SMILES string of the molecule is CCCOC(=O)CCOC(=O)[C@@H]1CCCC[C@@H]1C(=O)OCc1ccccc1. The highest BCUT2D eigenvalue weighted by Gasteiger charge is 2.37. The second kappa shape index (κ2) is 11.4. The summed E-state index contributed by atoms with van der Waals surface area (Å²) in [5.41, 5.74) is 0.909. The Morgan fingerprint density at radius 2 is 1.52 bits per heavy atom. The first-order valence-electron chi connectivity index (χ1n) is 9.64. The molecule has 0 aliphatic heterocycles. The summed E-state index contributed by atoms with van der Waals surface area (Å²) >= 11 is 0. The van der Waals surface area contributed by atoms with Crippen LogP contribution in [0.4, 0.5) is 0 Å².